The zero-order valence-electron chi connectivity index (χ0n) is 8.46. The van der Waals surface area contributed by atoms with Crippen LogP contribution in [0.2, 0.25) is 0 Å². The Kier molecular flexibility index (Phi) is 4.36. The molecule has 0 amide bonds. The summed E-state index contributed by atoms with van der Waals surface area (Å²) in [6, 6.07) is -0.189. The topological polar surface area (TPSA) is 63.3 Å². The van der Waals surface area contributed by atoms with E-state index in [9.17, 15) is 18.0 Å². The second-order valence-corrected chi connectivity index (χ2v) is 3.92. The number of carboxylic acids is 1. The van der Waals surface area contributed by atoms with Crippen LogP contribution in [0.1, 0.15) is 17.4 Å². The average Bonchev–Trinajstić information content (AvgIpc) is 2.21. The summed E-state index contributed by atoms with van der Waals surface area (Å²) in [6.07, 6.45) is -0.507. The van der Waals surface area contributed by atoms with Crippen molar-refractivity contribution in [2.75, 3.05) is 0 Å². The number of carbonyl (C=O) groups is 1. The largest absolute Gasteiger partial charge is 0.481 e. The van der Waals surface area contributed by atoms with Crippen LogP contribution in [0.5, 0.6) is 0 Å². The zero-order chi connectivity index (χ0) is 13.2. The summed E-state index contributed by atoms with van der Waals surface area (Å²) in [6.45, 7) is 0. The quantitative estimate of drug-likeness (QED) is 0.649. The summed E-state index contributed by atoms with van der Waals surface area (Å²) in [5.41, 5.74) is 5.05. The third-order valence-electron chi connectivity index (χ3n) is 2.12. The van der Waals surface area contributed by atoms with Crippen molar-refractivity contribution in [1.29, 1.82) is 0 Å². The van der Waals surface area contributed by atoms with E-state index in [1.807, 2.05) is 0 Å². The van der Waals surface area contributed by atoms with Gasteiger partial charge in [-0.15, -0.1) is 11.6 Å². The number of halogens is 4. The molecule has 0 saturated heterocycles. The average molecular weight is 268 g/mol. The van der Waals surface area contributed by atoms with Gasteiger partial charge in [-0.3, -0.25) is 4.79 Å². The molecule has 7 heteroatoms. The van der Waals surface area contributed by atoms with Crippen LogP contribution in [0.25, 0.3) is 0 Å². The van der Waals surface area contributed by atoms with E-state index in [1.165, 1.54) is 0 Å². The second kappa shape index (κ2) is 5.37. The molecule has 3 nitrogen and oxygen atoms in total. The van der Waals surface area contributed by atoms with Crippen molar-refractivity contribution < 1.29 is 23.1 Å². The summed E-state index contributed by atoms with van der Waals surface area (Å²) in [4.78, 5) is 10.4. The van der Waals surface area contributed by atoms with E-state index >= 15 is 0 Å². The Hall–Kier alpha value is -1.27. The van der Waals surface area contributed by atoms with Crippen molar-refractivity contribution in [2.24, 2.45) is 5.73 Å². The molecule has 0 bridgehead atoms. The lowest BCUT2D eigenvalue weighted by Gasteiger charge is -2.17. The highest BCUT2D eigenvalue weighted by molar-refractivity contribution is 6.21. The van der Waals surface area contributed by atoms with Crippen LogP contribution in [0.4, 0.5) is 13.2 Å². The molecule has 1 rings (SSSR count). The number of carboxylic acid groups (broad SMARTS) is 1. The van der Waals surface area contributed by atoms with Gasteiger partial charge >= 0.3 is 5.97 Å². The first kappa shape index (κ1) is 13.8. The summed E-state index contributed by atoms with van der Waals surface area (Å²) in [5.74, 6) is -4.90. The van der Waals surface area contributed by atoms with Crippen LogP contribution < -0.4 is 5.73 Å². The van der Waals surface area contributed by atoms with Gasteiger partial charge in [-0.1, -0.05) is 0 Å². The SMILES string of the molecule is NC(CC(=O)O)C(Cl)c1cc(F)c(F)cc1F. The minimum atomic E-state index is -1.35. The molecule has 0 aliphatic carbocycles. The van der Waals surface area contributed by atoms with E-state index in [4.69, 9.17) is 22.4 Å². The number of alkyl halides is 1. The fourth-order valence-corrected chi connectivity index (χ4v) is 1.54. The third-order valence-corrected chi connectivity index (χ3v) is 2.68. The van der Waals surface area contributed by atoms with Crippen molar-refractivity contribution in [3.63, 3.8) is 0 Å². The highest BCUT2D eigenvalue weighted by Gasteiger charge is 2.24. The first-order valence-electron chi connectivity index (χ1n) is 4.58. The lowest BCUT2D eigenvalue weighted by molar-refractivity contribution is -0.137. The monoisotopic (exact) mass is 267 g/mol. The molecule has 0 fully saturated rings. The van der Waals surface area contributed by atoms with Crippen LogP contribution in [0, 0.1) is 17.5 Å². The maximum absolute atomic E-state index is 13.3. The normalized spacial score (nSPS) is 14.4. The van der Waals surface area contributed by atoms with Gasteiger partial charge in [-0.05, 0) is 6.07 Å². The van der Waals surface area contributed by atoms with Crippen LogP contribution in [0.3, 0.4) is 0 Å². The van der Waals surface area contributed by atoms with Gasteiger partial charge < -0.3 is 10.8 Å². The molecule has 0 heterocycles. The molecular weight excluding hydrogens is 259 g/mol. The summed E-state index contributed by atoms with van der Waals surface area (Å²) in [7, 11) is 0. The number of hydrogen-bond acceptors (Lipinski definition) is 2. The van der Waals surface area contributed by atoms with Crippen molar-refractivity contribution in [2.45, 2.75) is 17.8 Å². The van der Waals surface area contributed by atoms with Crippen LogP contribution >= 0.6 is 11.6 Å². The Morgan fingerprint density at radius 2 is 1.82 bits per heavy atom. The van der Waals surface area contributed by atoms with Crippen molar-refractivity contribution in [1.82, 2.24) is 0 Å². The molecule has 94 valence electrons. The van der Waals surface area contributed by atoms with Crippen molar-refractivity contribution in [3.05, 3.63) is 35.1 Å². The smallest absolute Gasteiger partial charge is 0.304 e. The fraction of sp³-hybridized carbons (Fsp3) is 0.300. The highest BCUT2D eigenvalue weighted by atomic mass is 35.5. The standard InChI is InChI=1S/C10H9ClF3NO2/c11-10(8(15)3-9(16)17)4-1-6(13)7(14)2-5(4)12/h1-2,8,10H,3,15H2,(H,16,17). The van der Waals surface area contributed by atoms with Gasteiger partial charge in [0.05, 0.1) is 11.8 Å². The van der Waals surface area contributed by atoms with Gasteiger partial charge in [-0.25, -0.2) is 13.2 Å². The van der Waals surface area contributed by atoms with Crippen LogP contribution in [-0.2, 0) is 4.79 Å². The van der Waals surface area contributed by atoms with Gasteiger partial charge in [-0.2, -0.15) is 0 Å². The highest BCUT2D eigenvalue weighted by Crippen LogP contribution is 2.28. The lowest BCUT2D eigenvalue weighted by Crippen LogP contribution is -2.29. The van der Waals surface area contributed by atoms with Gasteiger partial charge in [0.1, 0.15) is 5.82 Å². The van der Waals surface area contributed by atoms with Gasteiger partial charge in [0.2, 0.25) is 0 Å². The molecule has 2 unspecified atom stereocenters. The molecule has 2 atom stereocenters. The molecule has 0 radical (unpaired) electrons. The summed E-state index contributed by atoms with van der Waals surface area (Å²) >= 11 is 5.71. The predicted molar refractivity (Wildman–Crippen MR) is 55.1 cm³/mol. The Bertz CT molecular complexity index is 442. The minimum absolute atomic E-state index is 0.341. The van der Waals surface area contributed by atoms with E-state index in [0.29, 0.717) is 12.1 Å². The molecule has 0 aliphatic rings. The molecule has 0 aromatic heterocycles. The van der Waals surface area contributed by atoms with Crippen molar-refractivity contribution >= 4 is 17.6 Å². The first-order chi connectivity index (χ1) is 7.82. The Morgan fingerprint density at radius 1 is 1.29 bits per heavy atom. The van der Waals surface area contributed by atoms with E-state index in [1.54, 1.807) is 0 Å². The maximum Gasteiger partial charge on any atom is 0.304 e. The van der Waals surface area contributed by atoms with Crippen LogP contribution in [0.15, 0.2) is 12.1 Å². The number of benzene rings is 1. The van der Waals surface area contributed by atoms with Gasteiger partial charge in [0.25, 0.3) is 0 Å². The molecule has 0 aliphatic heterocycles. The summed E-state index contributed by atoms with van der Waals surface area (Å²) < 4.78 is 38.8. The molecule has 3 N–H and O–H groups in total. The summed E-state index contributed by atoms with van der Waals surface area (Å²) in [5, 5.41) is 7.23. The molecular formula is C10H9ClF3NO2. The molecule has 0 spiro atoms. The minimum Gasteiger partial charge on any atom is -0.481 e. The van der Waals surface area contributed by atoms with E-state index in [2.05, 4.69) is 0 Å². The predicted octanol–water partition coefficient (Wildman–Crippen LogP) is 2.19. The Labute approximate surface area is 100.0 Å². The number of nitrogens with two attached hydrogens (primary N) is 1. The molecule has 1 aromatic rings. The van der Waals surface area contributed by atoms with E-state index in [-0.39, 0.29) is 5.56 Å². The zero-order valence-corrected chi connectivity index (χ0v) is 9.22. The van der Waals surface area contributed by atoms with Gasteiger partial charge in [0, 0.05) is 17.7 Å². The number of hydrogen-bond donors (Lipinski definition) is 2. The Morgan fingerprint density at radius 3 is 2.35 bits per heavy atom. The maximum atomic E-state index is 13.3. The molecule has 0 saturated carbocycles. The molecule has 1 aromatic carbocycles. The Balaban J connectivity index is 2.99. The number of aliphatic carboxylic acids is 1. The fourth-order valence-electron chi connectivity index (χ4n) is 1.29. The second-order valence-electron chi connectivity index (χ2n) is 3.45. The van der Waals surface area contributed by atoms with E-state index in [0.717, 1.165) is 0 Å². The van der Waals surface area contributed by atoms with Gasteiger partial charge in [0.15, 0.2) is 11.6 Å². The molecule has 17 heavy (non-hydrogen) atoms. The van der Waals surface area contributed by atoms with Crippen molar-refractivity contribution in [3.8, 4) is 0 Å². The van der Waals surface area contributed by atoms with Crippen LogP contribution in [-0.4, -0.2) is 17.1 Å². The first-order valence-corrected chi connectivity index (χ1v) is 5.02. The third kappa shape index (κ3) is 3.34. The lowest BCUT2D eigenvalue weighted by atomic mass is 10.0. The number of rotatable bonds is 4. The van der Waals surface area contributed by atoms with E-state index < -0.39 is 41.3 Å².